The summed E-state index contributed by atoms with van der Waals surface area (Å²) in [5, 5.41) is 11.3. The molecule has 4 aromatic carbocycles. The number of imide groups is 1. The molecule has 0 aromatic heterocycles. The minimum absolute atomic E-state index is 0.0436. The van der Waals surface area contributed by atoms with Crippen molar-refractivity contribution in [3.63, 3.8) is 0 Å². The van der Waals surface area contributed by atoms with Gasteiger partial charge < -0.3 is 4.74 Å². The fourth-order valence-electron chi connectivity index (χ4n) is 4.21. The van der Waals surface area contributed by atoms with Gasteiger partial charge in [-0.25, -0.2) is 9.69 Å². The van der Waals surface area contributed by atoms with E-state index in [1.807, 2.05) is 0 Å². The van der Waals surface area contributed by atoms with Crippen molar-refractivity contribution in [1.29, 1.82) is 0 Å². The molecule has 198 valence electrons. The molecule has 1 aliphatic rings. The van der Waals surface area contributed by atoms with Gasteiger partial charge in [0.05, 0.1) is 37.3 Å². The molecule has 11 heteroatoms. The van der Waals surface area contributed by atoms with Crippen LogP contribution in [-0.4, -0.2) is 28.5 Å². The van der Waals surface area contributed by atoms with Crippen LogP contribution >= 0.6 is 23.2 Å². The number of carbonyl (C=O) groups excluding carboxylic acids is 4. The zero-order chi connectivity index (χ0) is 28.6. The highest BCUT2D eigenvalue weighted by atomic mass is 35.5. The van der Waals surface area contributed by atoms with E-state index in [-0.39, 0.29) is 49.2 Å². The molecule has 0 saturated carbocycles. The number of ether oxygens (including phenoxy) is 1. The third-order valence-corrected chi connectivity index (χ3v) is 6.92. The summed E-state index contributed by atoms with van der Waals surface area (Å²) >= 11 is 12.0. The molecule has 2 amide bonds. The van der Waals surface area contributed by atoms with Crippen LogP contribution in [0.4, 0.5) is 11.4 Å². The van der Waals surface area contributed by atoms with Gasteiger partial charge >= 0.3 is 5.97 Å². The first-order valence-electron chi connectivity index (χ1n) is 11.7. The van der Waals surface area contributed by atoms with Crippen LogP contribution in [0.2, 0.25) is 10.0 Å². The SMILES string of the molecule is O=C(O[C@@H](C(=O)c1ccccc1)c1ccc([N+](=O)[O-])cc1)c1cccc(N2C(=O)c3cc(Cl)c(Cl)cc3C2=O)c1. The number of carbonyl (C=O) groups is 4. The smallest absolute Gasteiger partial charge is 0.339 e. The van der Waals surface area contributed by atoms with E-state index in [2.05, 4.69) is 0 Å². The maximum atomic E-state index is 13.3. The second-order valence-electron chi connectivity index (χ2n) is 8.67. The number of halogens is 2. The van der Waals surface area contributed by atoms with E-state index in [1.165, 1.54) is 60.7 Å². The summed E-state index contributed by atoms with van der Waals surface area (Å²) in [5.41, 5.74) is 0.469. The number of benzene rings is 4. The van der Waals surface area contributed by atoms with Crippen LogP contribution in [0, 0.1) is 10.1 Å². The molecule has 0 fully saturated rings. The number of rotatable bonds is 7. The highest BCUT2D eigenvalue weighted by Gasteiger charge is 2.38. The molecule has 1 aliphatic heterocycles. The van der Waals surface area contributed by atoms with Crippen molar-refractivity contribution < 1.29 is 28.8 Å². The molecular weight excluding hydrogens is 559 g/mol. The number of hydrogen-bond acceptors (Lipinski definition) is 7. The molecule has 0 radical (unpaired) electrons. The summed E-state index contributed by atoms with van der Waals surface area (Å²) in [6.45, 7) is 0. The molecular formula is C29H16Cl2N2O7. The predicted molar refractivity (Wildman–Crippen MR) is 146 cm³/mol. The molecule has 0 spiro atoms. The second-order valence-corrected chi connectivity index (χ2v) is 9.49. The lowest BCUT2D eigenvalue weighted by Gasteiger charge is -2.19. The van der Waals surface area contributed by atoms with Crippen molar-refractivity contribution in [2.75, 3.05) is 4.90 Å². The van der Waals surface area contributed by atoms with E-state index in [9.17, 15) is 29.3 Å². The van der Waals surface area contributed by atoms with Gasteiger partial charge in [-0.1, -0.05) is 59.6 Å². The van der Waals surface area contributed by atoms with Crippen molar-refractivity contribution in [2.24, 2.45) is 0 Å². The van der Waals surface area contributed by atoms with Gasteiger partial charge in [0.2, 0.25) is 5.78 Å². The van der Waals surface area contributed by atoms with Crippen molar-refractivity contribution in [3.05, 3.63) is 139 Å². The standard InChI is InChI=1S/C29H16Cl2N2O7/c30-23-14-21-22(15-24(23)31)28(36)32(27(21)35)20-8-4-7-18(13-20)29(37)40-26(25(34)16-5-2-1-3-6-16)17-9-11-19(12-10-17)33(38)39/h1-15,26H/t26-/m1/s1. The number of hydrogen-bond donors (Lipinski definition) is 0. The van der Waals surface area contributed by atoms with Gasteiger partial charge in [0.1, 0.15) is 0 Å². The van der Waals surface area contributed by atoms with Crippen LogP contribution in [0.5, 0.6) is 0 Å². The van der Waals surface area contributed by atoms with E-state index < -0.39 is 34.6 Å². The van der Waals surface area contributed by atoms with Gasteiger partial charge in [-0.3, -0.25) is 24.5 Å². The van der Waals surface area contributed by atoms with Gasteiger partial charge in [0, 0.05) is 23.3 Å². The summed E-state index contributed by atoms with van der Waals surface area (Å²) < 4.78 is 5.62. The molecule has 5 rings (SSSR count). The van der Waals surface area contributed by atoms with Crippen LogP contribution in [0.3, 0.4) is 0 Å². The molecule has 0 unspecified atom stereocenters. The number of amides is 2. The molecule has 1 heterocycles. The summed E-state index contributed by atoms with van der Waals surface area (Å²) in [7, 11) is 0. The lowest BCUT2D eigenvalue weighted by molar-refractivity contribution is -0.384. The normalized spacial score (nSPS) is 13.1. The van der Waals surface area contributed by atoms with Crippen LogP contribution in [0.15, 0.2) is 91.0 Å². The Hall–Kier alpha value is -4.86. The Labute approximate surface area is 236 Å². The number of Topliss-reactive ketones (excluding diaryl/α,β-unsaturated/α-hetero) is 1. The highest BCUT2D eigenvalue weighted by molar-refractivity contribution is 6.44. The van der Waals surface area contributed by atoms with Crippen molar-refractivity contribution in [1.82, 2.24) is 0 Å². The summed E-state index contributed by atoms with van der Waals surface area (Å²) in [6.07, 6.45) is -1.43. The minimum atomic E-state index is -1.43. The monoisotopic (exact) mass is 574 g/mol. The van der Waals surface area contributed by atoms with Crippen molar-refractivity contribution in [2.45, 2.75) is 6.10 Å². The summed E-state index contributed by atoms with van der Waals surface area (Å²) in [6, 6.07) is 21.4. The molecule has 40 heavy (non-hydrogen) atoms. The maximum absolute atomic E-state index is 13.3. The average Bonchev–Trinajstić information content (AvgIpc) is 3.20. The van der Waals surface area contributed by atoms with Crippen molar-refractivity contribution >= 4 is 58.1 Å². The number of nitro benzene ring substituents is 1. The third kappa shape index (κ3) is 4.95. The van der Waals surface area contributed by atoms with Gasteiger partial charge in [0.15, 0.2) is 6.10 Å². The van der Waals surface area contributed by atoms with E-state index in [4.69, 9.17) is 27.9 Å². The average molecular weight is 575 g/mol. The third-order valence-electron chi connectivity index (χ3n) is 6.20. The van der Waals surface area contributed by atoms with Crippen molar-refractivity contribution in [3.8, 4) is 0 Å². The Bertz CT molecular complexity index is 1660. The van der Waals surface area contributed by atoms with E-state index in [0.29, 0.717) is 0 Å². The predicted octanol–water partition coefficient (Wildman–Crippen LogP) is 6.48. The van der Waals surface area contributed by atoms with Gasteiger partial charge in [-0.05, 0) is 42.5 Å². The Morgan fingerprint density at radius 1 is 0.775 bits per heavy atom. The topological polar surface area (TPSA) is 124 Å². The zero-order valence-electron chi connectivity index (χ0n) is 20.2. The second kappa shape index (κ2) is 10.7. The number of nitrogens with zero attached hydrogens (tertiary/aromatic N) is 2. The lowest BCUT2D eigenvalue weighted by atomic mass is 9.99. The van der Waals surface area contributed by atoms with Crippen LogP contribution in [-0.2, 0) is 4.74 Å². The molecule has 0 bridgehead atoms. The number of ketones is 1. The number of nitro groups is 1. The molecule has 1 atom stereocenters. The lowest BCUT2D eigenvalue weighted by Crippen LogP contribution is -2.29. The van der Waals surface area contributed by atoms with Gasteiger partial charge in [0.25, 0.3) is 17.5 Å². The number of anilines is 1. The van der Waals surface area contributed by atoms with Gasteiger partial charge in [-0.2, -0.15) is 0 Å². The largest absolute Gasteiger partial charge is 0.445 e. The first-order chi connectivity index (χ1) is 19.2. The minimum Gasteiger partial charge on any atom is -0.445 e. The van der Waals surface area contributed by atoms with E-state index in [1.54, 1.807) is 30.3 Å². The quantitative estimate of drug-likeness (QED) is 0.0812. The molecule has 0 saturated heterocycles. The number of fused-ring (bicyclic) bond motifs is 1. The number of non-ortho nitro benzene ring substituents is 1. The van der Waals surface area contributed by atoms with Gasteiger partial charge in [-0.15, -0.1) is 0 Å². The Morgan fingerprint density at radius 3 is 1.93 bits per heavy atom. The van der Waals surface area contributed by atoms with E-state index in [0.717, 1.165) is 4.90 Å². The molecule has 9 nitrogen and oxygen atoms in total. The van der Waals surface area contributed by atoms with E-state index >= 15 is 0 Å². The fourth-order valence-corrected chi connectivity index (χ4v) is 4.54. The summed E-state index contributed by atoms with van der Waals surface area (Å²) in [4.78, 5) is 64.1. The maximum Gasteiger partial charge on any atom is 0.339 e. The van der Waals surface area contributed by atoms with Crippen LogP contribution in [0.25, 0.3) is 0 Å². The highest BCUT2D eigenvalue weighted by Crippen LogP contribution is 2.34. The first-order valence-corrected chi connectivity index (χ1v) is 12.4. The molecule has 4 aromatic rings. The Balaban J connectivity index is 1.46. The van der Waals surface area contributed by atoms with Crippen LogP contribution in [0.1, 0.15) is 53.1 Å². The Kier molecular flexibility index (Phi) is 7.17. The zero-order valence-corrected chi connectivity index (χ0v) is 21.8. The fraction of sp³-hybridized carbons (Fsp3) is 0.0345. The molecule has 0 aliphatic carbocycles. The molecule has 0 N–H and O–H groups in total. The Morgan fingerprint density at radius 2 is 1.35 bits per heavy atom. The van der Waals surface area contributed by atoms with Crippen LogP contribution < -0.4 is 4.90 Å². The first kappa shape index (κ1) is 26.7. The number of esters is 1. The summed E-state index contributed by atoms with van der Waals surface area (Å²) in [5.74, 6) is -2.76.